The highest BCUT2D eigenvalue weighted by Gasteiger charge is 2.35. The van der Waals surface area contributed by atoms with E-state index in [0.29, 0.717) is 0 Å². The first-order valence-corrected chi connectivity index (χ1v) is 10.6. The second kappa shape index (κ2) is 9.08. The van der Waals surface area contributed by atoms with Crippen LogP contribution in [-0.2, 0) is 4.79 Å². The van der Waals surface area contributed by atoms with Crippen molar-refractivity contribution in [3.63, 3.8) is 0 Å². The molecule has 0 aliphatic carbocycles. The Morgan fingerprint density at radius 3 is 2.48 bits per heavy atom. The first kappa shape index (κ1) is 21.5. The molecule has 2 aromatic carbocycles. The molecule has 1 N–H and O–H groups in total. The van der Waals surface area contributed by atoms with Gasteiger partial charge in [-0.15, -0.1) is 0 Å². The number of aryl methyl sites for hydroxylation is 3. The smallest absolute Gasteiger partial charge is 0.230 e. The highest BCUT2D eigenvalue weighted by atomic mass is 19.1. The fourth-order valence-corrected chi connectivity index (χ4v) is 4.85. The number of nitrogens with one attached hydrogen (secondary N) is 1. The Hall–Kier alpha value is -2.20. The molecular formula is C25H33FN2O. The molecule has 0 aromatic heterocycles. The Labute approximate surface area is 174 Å². The summed E-state index contributed by atoms with van der Waals surface area (Å²) in [4.78, 5) is 15.5. The summed E-state index contributed by atoms with van der Waals surface area (Å²) in [6.07, 6.45) is 1.67. The molecule has 3 nitrogen and oxygen atoms in total. The minimum atomic E-state index is -0.211. The maximum Gasteiger partial charge on any atom is 0.230 e. The van der Waals surface area contributed by atoms with E-state index in [2.05, 4.69) is 44.3 Å². The van der Waals surface area contributed by atoms with Crippen molar-refractivity contribution in [3.05, 3.63) is 70.0 Å². The van der Waals surface area contributed by atoms with Crippen LogP contribution in [0.3, 0.4) is 0 Å². The molecule has 1 fully saturated rings. The number of benzene rings is 2. The first-order chi connectivity index (χ1) is 13.8. The molecule has 1 amide bonds. The largest absolute Gasteiger partial charge is 0.342 e. The van der Waals surface area contributed by atoms with Crippen molar-refractivity contribution in [2.75, 3.05) is 20.1 Å². The van der Waals surface area contributed by atoms with Crippen molar-refractivity contribution in [3.8, 4) is 0 Å². The standard InChI is InChI=1S/C25H33FN2O/c1-6-21(19-12-16(2)11-17(3)13-19)25(29)28(5)24-9-10-27-15-23(24)22-8-7-20(26)14-18(22)4/h7-8,11-14,21,23-24,27H,6,9-10,15H2,1-5H3/t21-,23-,24+/m1/s1. The van der Waals surface area contributed by atoms with Crippen LogP contribution in [0, 0.1) is 26.6 Å². The van der Waals surface area contributed by atoms with E-state index in [-0.39, 0.29) is 29.6 Å². The minimum absolute atomic E-state index is 0.105. The fourth-order valence-electron chi connectivity index (χ4n) is 4.85. The second-order valence-electron chi connectivity index (χ2n) is 8.50. The Bertz CT molecular complexity index is 859. The van der Waals surface area contributed by atoms with Crippen LogP contribution in [-0.4, -0.2) is 37.0 Å². The molecule has 0 bridgehead atoms. The van der Waals surface area contributed by atoms with Crippen molar-refractivity contribution in [1.82, 2.24) is 10.2 Å². The van der Waals surface area contributed by atoms with Crippen LogP contribution in [0.1, 0.15) is 59.4 Å². The summed E-state index contributed by atoms with van der Waals surface area (Å²) in [5.74, 6) is -0.00969. The lowest BCUT2D eigenvalue weighted by molar-refractivity contribution is -0.134. The number of carbonyl (C=O) groups excluding carboxylic acids is 1. The molecule has 2 aromatic rings. The molecule has 1 aliphatic heterocycles. The molecular weight excluding hydrogens is 363 g/mol. The van der Waals surface area contributed by atoms with Gasteiger partial charge in [0.25, 0.3) is 0 Å². The minimum Gasteiger partial charge on any atom is -0.342 e. The summed E-state index contributed by atoms with van der Waals surface area (Å²) in [5.41, 5.74) is 5.56. The third-order valence-electron chi connectivity index (χ3n) is 6.27. The number of hydrogen-bond donors (Lipinski definition) is 1. The van der Waals surface area contributed by atoms with Crippen molar-refractivity contribution in [2.24, 2.45) is 0 Å². The van der Waals surface area contributed by atoms with Gasteiger partial charge in [-0.1, -0.05) is 42.3 Å². The van der Waals surface area contributed by atoms with Crippen LogP contribution in [0.5, 0.6) is 0 Å². The number of likely N-dealkylation sites (N-methyl/N-ethyl adjacent to an activating group) is 1. The summed E-state index contributed by atoms with van der Waals surface area (Å²) >= 11 is 0. The van der Waals surface area contributed by atoms with Crippen LogP contribution in [0.2, 0.25) is 0 Å². The van der Waals surface area contributed by atoms with Gasteiger partial charge in [0.15, 0.2) is 0 Å². The lowest BCUT2D eigenvalue weighted by Gasteiger charge is -2.40. The van der Waals surface area contributed by atoms with Crippen molar-refractivity contribution in [1.29, 1.82) is 0 Å². The van der Waals surface area contributed by atoms with E-state index in [0.717, 1.165) is 42.6 Å². The van der Waals surface area contributed by atoms with Crippen LogP contribution < -0.4 is 5.32 Å². The molecule has 3 rings (SSSR count). The number of rotatable bonds is 5. The van der Waals surface area contributed by atoms with Crippen molar-refractivity contribution in [2.45, 2.75) is 58.4 Å². The van der Waals surface area contributed by atoms with Gasteiger partial charge in [0.1, 0.15) is 5.82 Å². The molecule has 1 aliphatic rings. The van der Waals surface area contributed by atoms with Gasteiger partial charge in [-0.3, -0.25) is 4.79 Å². The number of carbonyl (C=O) groups is 1. The van der Waals surface area contributed by atoms with Gasteiger partial charge in [-0.2, -0.15) is 0 Å². The fraction of sp³-hybridized carbons (Fsp3) is 0.480. The monoisotopic (exact) mass is 396 g/mol. The lowest BCUT2D eigenvalue weighted by atomic mass is 9.83. The highest BCUT2D eigenvalue weighted by Crippen LogP contribution is 2.32. The molecule has 0 radical (unpaired) electrons. The summed E-state index contributed by atoms with van der Waals surface area (Å²) in [7, 11) is 1.94. The van der Waals surface area contributed by atoms with Crippen LogP contribution >= 0.6 is 0 Å². The molecule has 0 spiro atoms. The average Bonchev–Trinajstić information content (AvgIpc) is 2.67. The topological polar surface area (TPSA) is 32.3 Å². The number of nitrogens with zero attached hydrogens (tertiary/aromatic N) is 1. The SMILES string of the molecule is CC[C@@H](C(=O)N(C)[C@H]1CCNC[C@@H]1c1ccc(F)cc1C)c1cc(C)cc(C)c1. The number of piperidine rings is 1. The molecule has 0 saturated carbocycles. The van der Waals surface area contributed by atoms with Gasteiger partial charge in [0.05, 0.1) is 5.92 Å². The van der Waals surface area contributed by atoms with E-state index in [1.54, 1.807) is 6.07 Å². The van der Waals surface area contributed by atoms with Crippen molar-refractivity contribution < 1.29 is 9.18 Å². The summed E-state index contributed by atoms with van der Waals surface area (Å²) in [6.45, 7) is 9.89. The predicted octanol–water partition coefficient (Wildman–Crippen LogP) is 4.85. The summed E-state index contributed by atoms with van der Waals surface area (Å²) in [6, 6.07) is 11.5. The molecule has 4 heteroatoms. The van der Waals surface area contributed by atoms with Crippen LogP contribution in [0.25, 0.3) is 0 Å². The highest BCUT2D eigenvalue weighted by molar-refractivity contribution is 5.84. The Morgan fingerprint density at radius 2 is 1.86 bits per heavy atom. The van der Waals surface area contributed by atoms with E-state index < -0.39 is 0 Å². The summed E-state index contributed by atoms with van der Waals surface area (Å²) in [5, 5.41) is 3.46. The van der Waals surface area contributed by atoms with E-state index in [4.69, 9.17) is 0 Å². The van der Waals surface area contributed by atoms with E-state index >= 15 is 0 Å². The van der Waals surface area contributed by atoms with Gasteiger partial charge in [-0.25, -0.2) is 4.39 Å². The summed E-state index contributed by atoms with van der Waals surface area (Å²) < 4.78 is 13.6. The first-order valence-electron chi connectivity index (χ1n) is 10.6. The van der Waals surface area contributed by atoms with Gasteiger partial charge in [0.2, 0.25) is 5.91 Å². The second-order valence-corrected chi connectivity index (χ2v) is 8.50. The van der Waals surface area contributed by atoms with Crippen molar-refractivity contribution >= 4 is 5.91 Å². The number of halogens is 1. The lowest BCUT2D eigenvalue weighted by Crippen LogP contribution is -2.50. The Balaban J connectivity index is 1.89. The van der Waals surface area contributed by atoms with Gasteiger partial charge >= 0.3 is 0 Å². The van der Waals surface area contributed by atoms with E-state index in [1.807, 2.05) is 24.9 Å². The van der Waals surface area contributed by atoms with Crippen LogP contribution in [0.15, 0.2) is 36.4 Å². The molecule has 0 unspecified atom stereocenters. The zero-order valence-electron chi connectivity index (χ0n) is 18.3. The third kappa shape index (κ3) is 4.69. The maximum atomic E-state index is 13.6. The van der Waals surface area contributed by atoms with E-state index in [1.165, 1.54) is 17.2 Å². The molecule has 1 saturated heterocycles. The maximum absolute atomic E-state index is 13.6. The molecule has 1 heterocycles. The zero-order valence-corrected chi connectivity index (χ0v) is 18.3. The zero-order chi connectivity index (χ0) is 21.1. The van der Waals surface area contributed by atoms with Gasteiger partial charge < -0.3 is 10.2 Å². The number of hydrogen-bond acceptors (Lipinski definition) is 2. The van der Waals surface area contributed by atoms with Crippen LogP contribution in [0.4, 0.5) is 4.39 Å². The van der Waals surface area contributed by atoms with E-state index in [9.17, 15) is 9.18 Å². The third-order valence-corrected chi connectivity index (χ3v) is 6.27. The predicted molar refractivity (Wildman–Crippen MR) is 117 cm³/mol. The molecule has 156 valence electrons. The normalized spacial score (nSPS) is 20.3. The van der Waals surface area contributed by atoms with Gasteiger partial charge in [0, 0.05) is 25.6 Å². The quantitative estimate of drug-likeness (QED) is 0.784. The molecule has 3 atom stereocenters. The molecule has 29 heavy (non-hydrogen) atoms. The Kier molecular flexibility index (Phi) is 6.74. The number of amides is 1. The van der Waals surface area contributed by atoms with Gasteiger partial charge in [-0.05, 0) is 69.0 Å². The average molecular weight is 397 g/mol. The Morgan fingerprint density at radius 1 is 1.17 bits per heavy atom.